The second kappa shape index (κ2) is 11.7. The summed E-state index contributed by atoms with van der Waals surface area (Å²) in [5.74, 6) is -0.268. The number of aryl methyl sites for hydroxylation is 1. The van der Waals surface area contributed by atoms with Crippen molar-refractivity contribution in [1.82, 2.24) is 19.9 Å². The van der Waals surface area contributed by atoms with Crippen LogP contribution in [0.4, 0.5) is 4.39 Å². The molecule has 1 fully saturated rings. The first-order valence-electron chi connectivity index (χ1n) is 9.12. The number of benzene rings is 1. The lowest BCUT2D eigenvalue weighted by atomic mass is 10.1. The molecule has 1 aliphatic rings. The van der Waals surface area contributed by atoms with E-state index >= 15 is 0 Å². The molecule has 1 aliphatic heterocycles. The molecule has 1 aromatic carbocycles. The predicted molar refractivity (Wildman–Crippen MR) is 98.0 cm³/mol. The Morgan fingerprint density at radius 3 is 2.29 bits per heavy atom. The van der Waals surface area contributed by atoms with E-state index in [9.17, 15) is 4.39 Å². The van der Waals surface area contributed by atoms with Crippen LogP contribution < -0.4 is 0 Å². The zero-order valence-electron chi connectivity index (χ0n) is 15.5. The van der Waals surface area contributed by atoms with E-state index in [0.29, 0.717) is 5.69 Å². The first kappa shape index (κ1) is 20.3. The highest BCUT2D eigenvalue weighted by molar-refractivity contribution is 5.30. The molecule has 5 heteroatoms. The molecule has 0 amide bonds. The second-order valence-corrected chi connectivity index (χ2v) is 5.48. The average molecular weight is 334 g/mol. The quantitative estimate of drug-likeness (QED) is 0.829. The molecule has 0 radical (unpaired) electrons. The van der Waals surface area contributed by atoms with Gasteiger partial charge in [-0.2, -0.15) is 0 Å². The van der Waals surface area contributed by atoms with Crippen molar-refractivity contribution in [2.24, 2.45) is 0 Å². The summed E-state index contributed by atoms with van der Waals surface area (Å²) < 4.78 is 14.5. The van der Waals surface area contributed by atoms with Crippen molar-refractivity contribution < 1.29 is 4.39 Å². The van der Waals surface area contributed by atoms with Gasteiger partial charge in [0.05, 0.1) is 17.6 Å². The smallest absolute Gasteiger partial charge is 0.125 e. The van der Waals surface area contributed by atoms with Crippen molar-refractivity contribution in [3.05, 3.63) is 42.0 Å². The molecule has 0 bridgehead atoms. The average Bonchev–Trinajstić information content (AvgIpc) is 3.14. The molecule has 0 unspecified atom stereocenters. The molecule has 1 aromatic heterocycles. The van der Waals surface area contributed by atoms with Gasteiger partial charge in [0.15, 0.2) is 0 Å². The van der Waals surface area contributed by atoms with Gasteiger partial charge < -0.3 is 4.90 Å². The van der Waals surface area contributed by atoms with Crippen LogP contribution in [0.1, 0.15) is 52.7 Å². The fourth-order valence-electron chi connectivity index (χ4n) is 2.48. The fourth-order valence-corrected chi connectivity index (χ4v) is 2.48. The van der Waals surface area contributed by atoms with Crippen molar-refractivity contribution in [3.63, 3.8) is 0 Å². The highest BCUT2D eigenvalue weighted by Crippen LogP contribution is 2.09. The van der Waals surface area contributed by atoms with E-state index in [2.05, 4.69) is 22.1 Å². The molecule has 4 nitrogen and oxygen atoms in total. The third-order valence-electron chi connectivity index (χ3n) is 3.87. The van der Waals surface area contributed by atoms with Crippen LogP contribution >= 0.6 is 0 Å². The molecule has 0 saturated carbocycles. The summed E-state index contributed by atoms with van der Waals surface area (Å²) >= 11 is 0. The van der Waals surface area contributed by atoms with Crippen molar-refractivity contribution in [1.29, 1.82) is 0 Å². The summed E-state index contributed by atoms with van der Waals surface area (Å²) in [5.41, 5.74) is 1.59. The van der Waals surface area contributed by atoms with Gasteiger partial charge in [0.1, 0.15) is 5.82 Å². The number of hydrogen-bond acceptors (Lipinski definition) is 3. The summed E-state index contributed by atoms with van der Waals surface area (Å²) in [6, 6.07) is 6.27. The number of nitrogens with zero attached hydrogens (tertiary/aromatic N) is 4. The molecule has 24 heavy (non-hydrogen) atoms. The Morgan fingerprint density at radius 2 is 1.79 bits per heavy atom. The maximum absolute atomic E-state index is 12.9. The van der Waals surface area contributed by atoms with Gasteiger partial charge in [0.25, 0.3) is 0 Å². The van der Waals surface area contributed by atoms with Gasteiger partial charge in [-0.1, -0.05) is 45.4 Å². The van der Waals surface area contributed by atoms with E-state index in [4.69, 9.17) is 0 Å². The molecule has 1 saturated heterocycles. The molecular formula is C19H31FN4. The monoisotopic (exact) mass is 334 g/mol. The number of rotatable bonds is 3. The highest BCUT2D eigenvalue weighted by Gasteiger charge is 2.05. The molecule has 0 aliphatic carbocycles. The van der Waals surface area contributed by atoms with Crippen LogP contribution in [0.15, 0.2) is 30.5 Å². The lowest BCUT2D eigenvalue weighted by molar-refractivity contribution is 0.240. The van der Waals surface area contributed by atoms with E-state index in [1.807, 2.05) is 20.8 Å². The minimum Gasteiger partial charge on any atom is -0.304 e. The third kappa shape index (κ3) is 6.79. The van der Waals surface area contributed by atoms with Gasteiger partial charge in [0, 0.05) is 0 Å². The molecule has 134 valence electrons. The molecule has 0 spiro atoms. The van der Waals surface area contributed by atoms with Gasteiger partial charge >= 0.3 is 0 Å². The molecule has 3 rings (SSSR count). The van der Waals surface area contributed by atoms with Crippen LogP contribution in [0.25, 0.3) is 5.69 Å². The van der Waals surface area contributed by atoms with E-state index in [0.717, 1.165) is 12.1 Å². The first-order valence-corrected chi connectivity index (χ1v) is 9.12. The second-order valence-electron chi connectivity index (χ2n) is 5.48. The zero-order valence-corrected chi connectivity index (χ0v) is 15.5. The minimum absolute atomic E-state index is 0.268. The zero-order chi connectivity index (χ0) is 17.8. The van der Waals surface area contributed by atoms with Gasteiger partial charge in [-0.15, -0.1) is 5.10 Å². The molecule has 2 aromatic rings. The summed E-state index contributed by atoms with van der Waals surface area (Å²) in [7, 11) is 0. The van der Waals surface area contributed by atoms with Crippen molar-refractivity contribution in [2.75, 3.05) is 19.6 Å². The summed E-state index contributed by atoms with van der Waals surface area (Å²) in [4.78, 5) is 2.52. The van der Waals surface area contributed by atoms with Gasteiger partial charge in [-0.25, -0.2) is 9.07 Å². The molecule has 0 atom stereocenters. The number of likely N-dealkylation sites (tertiary alicyclic amines) is 1. The third-order valence-corrected chi connectivity index (χ3v) is 3.87. The lowest BCUT2D eigenvalue weighted by Gasteiger charge is -2.24. The number of halogens is 1. The van der Waals surface area contributed by atoms with Gasteiger partial charge in [-0.05, 0) is 57.1 Å². The highest BCUT2D eigenvalue weighted by atomic mass is 19.1. The number of piperidine rings is 1. The Kier molecular flexibility index (Phi) is 9.92. The summed E-state index contributed by atoms with van der Waals surface area (Å²) in [6.07, 6.45) is 6.93. The van der Waals surface area contributed by atoms with E-state index in [-0.39, 0.29) is 5.82 Å². The maximum atomic E-state index is 12.9. The number of aromatic nitrogens is 3. The van der Waals surface area contributed by atoms with Crippen molar-refractivity contribution in [3.8, 4) is 5.69 Å². The minimum atomic E-state index is -0.268. The normalized spacial score (nSPS) is 14.2. The first-order chi connectivity index (χ1) is 11.7. The SMILES string of the molecule is CC.CCN1CCCCC1.CCc1cn(-c2cccc(F)c2)nn1. The van der Waals surface area contributed by atoms with Crippen LogP contribution in [0, 0.1) is 5.82 Å². The van der Waals surface area contributed by atoms with E-state index < -0.39 is 0 Å². The summed E-state index contributed by atoms with van der Waals surface area (Å²) in [5, 5.41) is 7.83. The van der Waals surface area contributed by atoms with Crippen molar-refractivity contribution in [2.45, 2.75) is 53.4 Å². The van der Waals surface area contributed by atoms with Gasteiger partial charge in [0.2, 0.25) is 0 Å². The Balaban J connectivity index is 0.000000245. The maximum Gasteiger partial charge on any atom is 0.125 e. The lowest BCUT2D eigenvalue weighted by Crippen LogP contribution is -2.29. The largest absolute Gasteiger partial charge is 0.304 e. The molecule has 0 N–H and O–H groups in total. The summed E-state index contributed by atoms with van der Waals surface area (Å²) in [6.45, 7) is 12.2. The number of hydrogen-bond donors (Lipinski definition) is 0. The van der Waals surface area contributed by atoms with Crippen molar-refractivity contribution >= 4 is 0 Å². The fraction of sp³-hybridized carbons (Fsp3) is 0.579. The van der Waals surface area contributed by atoms with E-state index in [1.54, 1.807) is 23.0 Å². The van der Waals surface area contributed by atoms with Crippen LogP contribution in [-0.4, -0.2) is 39.5 Å². The van der Waals surface area contributed by atoms with Gasteiger partial charge in [-0.3, -0.25) is 0 Å². The van der Waals surface area contributed by atoms with Crippen LogP contribution in [0.3, 0.4) is 0 Å². The Labute approximate surface area is 145 Å². The van der Waals surface area contributed by atoms with Crippen LogP contribution in [-0.2, 0) is 6.42 Å². The molecular weight excluding hydrogens is 303 g/mol. The Hall–Kier alpha value is -1.75. The Morgan fingerprint density at radius 1 is 1.08 bits per heavy atom. The Bertz CT molecular complexity index is 562. The van der Waals surface area contributed by atoms with E-state index in [1.165, 1.54) is 51.0 Å². The van der Waals surface area contributed by atoms with Crippen LogP contribution in [0.5, 0.6) is 0 Å². The van der Waals surface area contributed by atoms with Crippen LogP contribution in [0.2, 0.25) is 0 Å². The predicted octanol–water partition coefficient (Wildman–Crippen LogP) is 4.49. The molecule has 2 heterocycles. The standard InChI is InChI=1S/C10H10FN3.C7H15N.C2H6/c1-2-9-7-14(13-12-9)10-5-3-4-8(11)6-10;1-2-8-6-4-3-5-7-8;1-2/h3-7H,2H2,1H3;2-7H2,1H3;1-2H3. The topological polar surface area (TPSA) is 34.0 Å².